The summed E-state index contributed by atoms with van der Waals surface area (Å²) < 4.78 is 5.64. The maximum absolute atomic E-state index is 13.6. The fraction of sp³-hybridized carbons (Fsp3) is 0.475. The number of carbonyl (C=O) groups is 2. The molecule has 0 bridgehead atoms. The van der Waals surface area contributed by atoms with Crippen LogP contribution in [0.2, 0.25) is 30.1 Å². The number of rotatable bonds is 21. The number of nitrogens with zero attached hydrogens (tertiary/aromatic N) is 16. The average molecular weight is 1560 g/mol. The van der Waals surface area contributed by atoms with Crippen LogP contribution in [0.4, 0.5) is 0 Å². The summed E-state index contributed by atoms with van der Waals surface area (Å²) in [6.45, 7) is 14.9. The maximum Gasteiger partial charge on any atom is 0.320 e. The molecule has 9 heterocycles. The molecule has 6 aromatic heterocycles. The van der Waals surface area contributed by atoms with E-state index in [1.807, 2.05) is 72.9 Å². The van der Waals surface area contributed by atoms with Gasteiger partial charge in [-0.3, -0.25) is 24.3 Å². The standard InChI is InChI=1S/C80H86Cl6N16O5/c1-41-24-49(9-19-67(41)97-23-7-8-56(97)40-103)66-37-90-76-63(34-87)96-102(79(76)93-66)71(59-18-14-54(83)33-62(59)86)29-48-30-72(80(106)107)99(39-48)69-21-11-51(26-43(69)3)65-36-89-75-45(5)95-101(78(75)92-65)70(58-17-13-53(82)32-61(58)85)28-47-27-55(15-22-73(104)105)98(38-47)68-20-10-50(25-42(68)2)64-35-88-74-44(4)94-100(77(74)91-64)46(6)57-16-12-52(81)31-60(57)84/h10-14,16-18,24,31-33,35-37,41-43,46-48,55-56,67-72,103H,7-9,15,19-23,25-30,38-40H2,1-6H3,(H,104,105)(H,106,107). The van der Waals surface area contributed by atoms with Crippen LogP contribution in [-0.2, 0) is 9.59 Å². The normalized spacial score (nSPS) is 25.5. The van der Waals surface area contributed by atoms with E-state index in [2.05, 4.69) is 59.8 Å². The quantitative estimate of drug-likeness (QED) is 0.0604. The fourth-order valence-corrected chi connectivity index (χ4v) is 20.4. The molecule has 3 aromatic carbocycles. The molecule has 21 nitrogen and oxygen atoms in total. The number of hydrogen-bond acceptors (Lipinski definition) is 16. The molecule has 107 heavy (non-hydrogen) atoms. The molecule has 0 amide bonds. The van der Waals surface area contributed by atoms with E-state index in [9.17, 15) is 30.2 Å². The molecule has 3 N–H and O–H groups in total. The van der Waals surface area contributed by atoms with Crippen LogP contribution in [0.3, 0.4) is 0 Å². The van der Waals surface area contributed by atoms with Crippen LogP contribution in [0.5, 0.6) is 0 Å². The summed E-state index contributed by atoms with van der Waals surface area (Å²) >= 11 is 40.6. The third-order valence-corrected chi connectivity index (χ3v) is 25.7. The Morgan fingerprint density at radius 1 is 0.607 bits per heavy atom. The van der Waals surface area contributed by atoms with E-state index in [4.69, 9.17) is 115 Å². The second kappa shape index (κ2) is 31.1. The van der Waals surface area contributed by atoms with Gasteiger partial charge in [0.1, 0.15) is 28.7 Å². The van der Waals surface area contributed by atoms with Crippen LogP contribution in [0.15, 0.2) is 91.4 Å². The van der Waals surface area contributed by atoms with Crippen molar-refractivity contribution in [3.05, 3.63) is 172 Å². The minimum atomic E-state index is -0.892. The predicted octanol–water partition coefficient (Wildman–Crippen LogP) is 16.8. The molecule has 0 radical (unpaired) electrons. The molecular formula is C80H86Cl6N16O5. The summed E-state index contributed by atoms with van der Waals surface area (Å²) in [4.78, 5) is 64.0. The molecule has 15 rings (SSSR count). The lowest BCUT2D eigenvalue weighted by Crippen LogP contribution is -2.47. The Kier molecular flexibility index (Phi) is 21.8. The molecule has 6 aliphatic rings. The molecule has 3 aliphatic heterocycles. The lowest BCUT2D eigenvalue weighted by atomic mass is 9.83. The van der Waals surface area contributed by atoms with Crippen LogP contribution >= 0.6 is 69.6 Å². The molecule has 3 fully saturated rings. The number of halogens is 6. The van der Waals surface area contributed by atoms with Gasteiger partial charge in [-0.1, -0.05) is 127 Å². The number of nitriles is 1. The highest BCUT2D eigenvalue weighted by Gasteiger charge is 2.46. The Morgan fingerprint density at radius 3 is 1.64 bits per heavy atom. The number of aromatic nitrogens is 12. The summed E-state index contributed by atoms with van der Waals surface area (Å²) in [6.07, 6.45) is 21.3. The minimum absolute atomic E-state index is 0.000145. The number of likely N-dealkylation sites (tertiary alicyclic amines) is 3. The average Bonchev–Trinajstić information content (AvgIpc) is 1.64. The van der Waals surface area contributed by atoms with Gasteiger partial charge in [0.25, 0.3) is 0 Å². The van der Waals surface area contributed by atoms with Crippen LogP contribution in [0.25, 0.3) is 50.2 Å². The summed E-state index contributed by atoms with van der Waals surface area (Å²) in [5, 5.41) is 60.0. The van der Waals surface area contributed by atoms with Gasteiger partial charge in [0, 0.05) is 79.9 Å². The van der Waals surface area contributed by atoms with Gasteiger partial charge in [-0.2, -0.15) is 20.6 Å². The lowest BCUT2D eigenvalue weighted by molar-refractivity contribution is -0.143. The van der Waals surface area contributed by atoms with Gasteiger partial charge in [0.2, 0.25) is 0 Å². The van der Waals surface area contributed by atoms with Crippen molar-refractivity contribution in [3.63, 3.8) is 0 Å². The first kappa shape index (κ1) is 75.0. The molecule has 9 aromatic rings. The molecule has 0 spiro atoms. The topological polar surface area (TPSA) is 259 Å². The number of aliphatic carboxylic acids is 2. The van der Waals surface area contributed by atoms with Crippen molar-refractivity contribution < 1.29 is 24.9 Å². The zero-order valence-electron chi connectivity index (χ0n) is 60.6. The SMILES string of the molecule is Cc1nn(C(C)c2ccc(Cl)cc2Cl)c2nc(C3=CCC(N4CC(CC(c5ccc(Cl)cc5Cl)n5nc(C)c6ncc(C7=CCC(N8CC(CC(c9ccc(Cl)cc9Cl)n9nc(C#N)c%10ncc(C%11=CC(C)C(N%12CCCC%12CO)CC%11)nc%109)CC8C(=O)O)C(C)C7)nc65)CC4CCC(=O)O)C(C)C3)cnc12. The fourth-order valence-electron chi connectivity index (χ4n) is 18.8. The zero-order chi connectivity index (χ0) is 75.0. The number of carboxylic acid groups (broad SMARTS) is 2. The van der Waals surface area contributed by atoms with Crippen molar-refractivity contribution >= 4 is 132 Å². The van der Waals surface area contributed by atoms with Gasteiger partial charge in [0.15, 0.2) is 22.6 Å². The number of benzene rings is 3. The number of aliphatic hydroxyl groups excluding tert-OH is 1. The highest BCUT2D eigenvalue weighted by molar-refractivity contribution is 6.36. The Bertz CT molecular complexity index is 5090. The van der Waals surface area contributed by atoms with Crippen molar-refractivity contribution in [1.29, 1.82) is 5.26 Å². The van der Waals surface area contributed by atoms with Crippen LogP contribution in [-0.4, -0.2) is 164 Å². The number of carboxylic acids is 2. The Labute approximate surface area is 651 Å². The maximum atomic E-state index is 13.6. The van der Waals surface area contributed by atoms with Gasteiger partial charge in [-0.25, -0.2) is 43.9 Å². The third kappa shape index (κ3) is 14.9. The number of hydrogen-bond donors (Lipinski definition) is 3. The first-order valence-corrected chi connectivity index (χ1v) is 39.6. The molecular weight excluding hydrogens is 1480 g/mol. The summed E-state index contributed by atoms with van der Waals surface area (Å²) in [6, 6.07) is 17.2. The van der Waals surface area contributed by atoms with Crippen molar-refractivity contribution in [2.75, 3.05) is 26.2 Å². The summed E-state index contributed by atoms with van der Waals surface area (Å²) in [5.74, 6) is -1.37. The summed E-state index contributed by atoms with van der Waals surface area (Å²) in [5.41, 5.74) is 12.9. The number of fused-ring (bicyclic) bond motifs is 3. The molecule has 0 saturated carbocycles. The predicted molar refractivity (Wildman–Crippen MR) is 418 cm³/mol. The lowest BCUT2D eigenvalue weighted by Gasteiger charge is -2.39. The van der Waals surface area contributed by atoms with Crippen molar-refractivity contribution in [2.45, 2.75) is 186 Å². The second-order valence-electron chi connectivity index (χ2n) is 30.8. The van der Waals surface area contributed by atoms with E-state index in [1.54, 1.807) is 35.1 Å². The Balaban J connectivity index is 0.681. The van der Waals surface area contributed by atoms with E-state index >= 15 is 0 Å². The largest absolute Gasteiger partial charge is 0.481 e. The number of aryl methyl sites for hydroxylation is 2. The highest BCUT2D eigenvalue weighted by Crippen LogP contribution is 2.47. The van der Waals surface area contributed by atoms with Crippen LogP contribution < -0.4 is 0 Å². The third-order valence-electron chi connectivity index (χ3n) is 24.0. The molecule has 558 valence electrons. The molecule has 14 unspecified atom stereocenters. The Hall–Kier alpha value is -7.46. The van der Waals surface area contributed by atoms with Crippen molar-refractivity contribution in [2.24, 2.45) is 29.6 Å². The highest BCUT2D eigenvalue weighted by atomic mass is 35.5. The van der Waals surface area contributed by atoms with Gasteiger partial charge in [0.05, 0.1) is 71.8 Å². The number of aliphatic hydroxyl groups is 1. The van der Waals surface area contributed by atoms with Crippen molar-refractivity contribution in [3.8, 4) is 6.07 Å². The van der Waals surface area contributed by atoms with Crippen molar-refractivity contribution in [1.82, 2.24) is 73.9 Å². The smallest absolute Gasteiger partial charge is 0.320 e. The number of allylic oxidation sites excluding steroid dienone is 3. The van der Waals surface area contributed by atoms with E-state index < -0.39 is 30.1 Å². The Morgan fingerprint density at radius 2 is 1.11 bits per heavy atom. The van der Waals surface area contributed by atoms with Crippen LogP contribution in [0, 0.1) is 54.8 Å². The van der Waals surface area contributed by atoms with E-state index in [-0.39, 0.29) is 78.5 Å². The monoisotopic (exact) mass is 1560 g/mol. The van der Waals surface area contributed by atoms with Crippen LogP contribution in [0.1, 0.15) is 187 Å². The molecule has 14 atom stereocenters. The van der Waals surface area contributed by atoms with E-state index in [1.165, 1.54) is 0 Å². The second-order valence-corrected chi connectivity index (χ2v) is 33.3. The molecule has 27 heteroatoms. The van der Waals surface area contributed by atoms with Gasteiger partial charge >= 0.3 is 11.9 Å². The van der Waals surface area contributed by atoms with Gasteiger partial charge in [-0.05, 0) is 210 Å². The van der Waals surface area contributed by atoms with E-state index in [0.29, 0.717) is 126 Å². The molecule has 3 saturated heterocycles. The van der Waals surface area contributed by atoms with E-state index in [0.717, 1.165) is 108 Å². The van der Waals surface area contributed by atoms with Gasteiger partial charge in [-0.15, -0.1) is 0 Å². The first-order chi connectivity index (χ1) is 51.5. The first-order valence-electron chi connectivity index (χ1n) is 37.4. The summed E-state index contributed by atoms with van der Waals surface area (Å²) in [7, 11) is 0. The molecule has 3 aliphatic carbocycles. The zero-order valence-corrected chi connectivity index (χ0v) is 65.1. The van der Waals surface area contributed by atoms with Gasteiger partial charge < -0.3 is 15.3 Å². The minimum Gasteiger partial charge on any atom is -0.481 e.